The topological polar surface area (TPSA) is 80.2 Å². The minimum absolute atomic E-state index is 0.00389. The molecule has 1 amide bonds. The van der Waals surface area contributed by atoms with Gasteiger partial charge in [-0.15, -0.1) is 0 Å². The number of ether oxygens (including phenoxy) is 1. The normalized spacial score (nSPS) is 17.3. The van der Waals surface area contributed by atoms with Crippen LogP contribution in [0.15, 0.2) is 43.0 Å². The average Bonchev–Trinajstić information content (AvgIpc) is 2.66. The third kappa shape index (κ3) is 4.65. The lowest BCUT2D eigenvalue weighted by Crippen LogP contribution is -2.42. The van der Waals surface area contributed by atoms with Crippen LogP contribution in [0, 0.1) is 5.92 Å². The molecule has 0 aromatic carbocycles. The van der Waals surface area contributed by atoms with Crippen molar-refractivity contribution in [2.24, 2.45) is 5.92 Å². The SMILES string of the molecule is O=C(COc1cccnc1)NC[C@H]1CCCN(c2ncccn2)C1. The summed E-state index contributed by atoms with van der Waals surface area (Å²) in [5.74, 6) is 1.63. The molecule has 7 nitrogen and oxygen atoms in total. The van der Waals surface area contributed by atoms with Crippen LogP contribution in [0.25, 0.3) is 0 Å². The molecule has 1 aliphatic rings. The highest BCUT2D eigenvalue weighted by Gasteiger charge is 2.22. The van der Waals surface area contributed by atoms with Crippen molar-refractivity contribution < 1.29 is 9.53 Å². The van der Waals surface area contributed by atoms with Gasteiger partial charge < -0.3 is 15.0 Å². The maximum Gasteiger partial charge on any atom is 0.257 e. The van der Waals surface area contributed by atoms with Crippen LogP contribution in [0.3, 0.4) is 0 Å². The summed E-state index contributed by atoms with van der Waals surface area (Å²) < 4.78 is 5.39. The van der Waals surface area contributed by atoms with Crippen molar-refractivity contribution in [2.45, 2.75) is 12.8 Å². The largest absolute Gasteiger partial charge is 0.482 e. The summed E-state index contributed by atoms with van der Waals surface area (Å²) >= 11 is 0. The molecule has 1 atom stereocenters. The second-order valence-corrected chi connectivity index (χ2v) is 5.78. The summed E-state index contributed by atoms with van der Waals surface area (Å²) in [5, 5.41) is 2.94. The van der Waals surface area contributed by atoms with E-state index in [9.17, 15) is 4.79 Å². The van der Waals surface area contributed by atoms with Crippen molar-refractivity contribution >= 4 is 11.9 Å². The van der Waals surface area contributed by atoms with Crippen LogP contribution in [-0.2, 0) is 4.79 Å². The predicted molar refractivity (Wildman–Crippen MR) is 89.7 cm³/mol. The minimum Gasteiger partial charge on any atom is -0.482 e. The first-order valence-corrected chi connectivity index (χ1v) is 8.13. The van der Waals surface area contributed by atoms with E-state index in [0.29, 0.717) is 18.2 Å². The number of carbonyl (C=O) groups excluding carboxylic acids is 1. The zero-order chi connectivity index (χ0) is 16.6. The van der Waals surface area contributed by atoms with Gasteiger partial charge in [-0.05, 0) is 37.0 Å². The molecule has 7 heteroatoms. The summed E-state index contributed by atoms with van der Waals surface area (Å²) in [6.45, 7) is 2.45. The maximum atomic E-state index is 11.9. The van der Waals surface area contributed by atoms with Crippen molar-refractivity contribution in [3.8, 4) is 5.75 Å². The van der Waals surface area contributed by atoms with E-state index in [1.807, 2.05) is 6.07 Å². The van der Waals surface area contributed by atoms with Crippen molar-refractivity contribution in [1.29, 1.82) is 0 Å². The predicted octanol–water partition coefficient (Wildman–Crippen LogP) is 1.28. The zero-order valence-electron chi connectivity index (χ0n) is 13.5. The van der Waals surface area contributed by atoms with E-state index in [2.05, 4.69) is 25.2 Å². The Labute approximate surface area is 141 Å². The van der Waals surface area contributed by atoms with Gasteiger partial charge in [-0.1, -0.05) is 0 Å². The molecule has 2 aromatic rings. The third-order valence-corrected chi connectivity index (χ3v) is 3.95. The molecule has 1 aliphatic heterocycles. The van der Waals surface area contributed by atoms with Gasteiger partial charge in [0.05, 0.1) is 6.20 Å². The highest BCUT2D eigenvalue weighted by atomic mass is 16.5. The van der Waals surface area contributed by atoms with E-state index in [-0.39, 0.29) is 12.5 Å². The molecule has 2 aromatic heterocycles. The van der Waals surface area contributed by atoms with E-state index < -0.39 is 0 Å². The summed E-state index contributed by atoms with van der Waals surface area (Å²) in [6.07, 6.45) is 8.93. The molecular weight excluding hydrogens is 306 g/mol. The Morgan fingerprint density at radius 3 is 2.96 bits per heavy atom. The van der Waals surface area contributed by atoms with E-state index in [1.54, 1.807) is 36.9 Å². The number of hydrogen-bond acceptors (Lipinski definition) is 6. The molecular formula is C17H21N5O2. The quantitative estimate of drug-likeness (QED) is 0.861. The Kier molecular flexibility index (Phi) is 5.55. The van der Waals surface area contributed by atoms with Gasteiger partial charge in [0.2, 0.25) is 5.95 Å². The molecule has 126 valence electrons. The monoisotopic (exact) mass is 327 g/mol. The summed E-state index contributed by atoms with van der Waals surface area (Å²) in [4.78, 5) is 26.6. The van der Waals surface area contributed by atoms with Gasteiger partial charge in [0.25, 0.3) is 5.91 Å². The highest BCUT2D eigenvalue weighted by Crippen LogP contribution is 2.19. The summed E-state index contributed by atoms with van der Waals surface area (Å²) in [6, 6.07) is 5.36. The Morgan fingerprint density at radius 2 is 2.17 bits per heavy atom. The average molecular weight is 327 g/mol. The minimum atomic E-state index is -0.119. The lowest BCUT2D eigenvalue weighted by atomic mass is 9.98. The second-order valence-electron chi connectivity index (χ2n) is 5.78. The molecule has 3 rings (SSSR count). The molecule has 24 heavy (non-hydrogen) atoms. The van der Waals surface area contributed by atoms with Gasteiger partial charge in [-0.2, -0.15) is 0 Å². The van der Waals surface area contributed by atoms with E-state index in [0.717, 1.165) is 31.9 Å². The Bertz CT molecular complexity index is 638. The van der Waals surface area contributed by atoms with Crippen LogP contribution in [0.1, 0.15) is 12.8 Å². The molecule has 1 saturated heterocycles. The maximum absolute atomic E-state index is 11.9. The number of anilines is 1. The van der Waals surface area contributed by atoms with Gasteiger partial charge in [0, 0.05) is 38.2 Å². The molecule has 0 saturated carbocycles. The first-order valence-electron chi connectivity index (χ1n) is 8.13. The summed E-state index contributed by atoms with van der Waals surface area (Å²) in [5.41, 5.74) is 0. The van der Waals surface area contributed by atoms with Crippen molar-refractivity contribution in [3.63, 3.8) is 0 Å². The number of nitrogens with one attached hydrogen (secondary N) is 1. The van der Waals surface area contributed by atoms with Crippen molar-refractivity contribution in [1.82, 2.24) is 20.3 Å². The zero-order valence-corrected chi connectivity index (χ0v) is 13.5. The lowest BCUT2D eigenvalue weighted by molar-refractivity contribution is -0.123. The van der Waals surface area contributed by atoms with Crippen LogP contribution < -0.4 is 15.0 Å². The van der Waals surface area contributed by atoms with Crippen LogP contribution >= 0.6 is 0 Å². The van der Waals surface area contributed by atoms with E-state index >= 15 is 0 Å². The molecule has 3 heterocycles. The fraction of sp³-hybridized carbons (Fsp3) is 0.412. The van der Waals surface area contributed by atoms with E-state index in [4.69, 9.17) is 4.74 Å². The van der Waals surface area contributed by atoms with Crippen LogP contribution in [0.2, 0.25) is 0 Å². The van der Waals surface area contributed by atoms with Gasteiger partial charge in [0.15, 0.2) is 6.61 Å². The molecule has 1 fully saturated rings. The molecule has 0 aliphatic carbocycles. The van der Waals surface area contributed by atoms with Gasteiger partial charge in [-0.3, -0.25) is 9.78 Å². The van der Waals surface area contributed by atoms with Crippen LogP contribution in [0.5, 0.6) is 5.75 Å². The van der Waals surface area contributed by atoms with Gasteiger partial charge >= 0.3 is 0 Å². The Balaban J connectivity index is 1.42. The molecule has 1 N–H and O–H groups in total. The Morgan fingerprint density at radius 1 is 1.29 bits per heavy atom. The van der Waals surface area contributed by atoms with Crippen molar-refractivity contribution in [2.75, 3.05) is 31.1 Å². The van der Waals surface area contributed by atoms with E-state index in [1.165, 1.54) is 0 Å². The fourth-order valence-electron chi connectivity index (χ4n) is 2.76. The second kappa shape index (κ2) is 8.24. The van der Waals surface area contributed by atoms with Crippen molar-refractivity contribution in [3.05, 3.63) is 43.0 Å². The van der Waals surface area contributed by atoms with Crippen LogP contribution in [-0.4, -0.2) is 47.1 Å². The first kappa shape index (κ1) is 16.2. The first-order chi connectivity index (χ1) is 11.8. The molecule has 0 bridgehead atoms. The molecule has 0 unspecified atom stereocenters. The number of hydrogen-bond donors (Lipinski definition) is 1. The third-order valence-electron chi connectivity index (χ3n) is 3.95. The molecule has 0 spiro atoms. The number of amides is 1. The summed E-state index contributed by atoms with van der Waals surface area (Å²) in [7, 11) is 0. The fourth-order valence-corrected chi connectivity index (χ4v) is 2.76. The number of aromatic nitrogens is 3. The number of piperidine rings is 1. The smallest absolute Gasteiger partial charge is 0.257 e. The number of nitrogens with zero attached hydrogens (tertiary/aromatic N) is 4. The highest BCUT2D eigenvalue weighted by molar-refractivity contribution is 5.77. The number of carbonyl (C=O) groups is 1. The molecule has 0 radical (unpaired) electrons. The number of pyridine rings is 1. The lowest BCUT2D eigenvalue weighted by Gasteiger charge is -2.32. The number of rotatable bonds is 6. The van der Waals surface area contributed by atoms with Gasteiger partial charge in [0.1, 0.15) is 5.75 Å². The van der Waals surface area contributed by atoms with Crippen LogP contribution in [0.4, 0.5) is 5.95 Å². The van der Waals surface area contributed by atoms with Gasteiger partial charge in [-0.25, -0.2) is 9.97 Å². The Hall–Kier alpha value is -2.70. The standard InChI is InChI=1S/C17H21N5O2/c23-16(13-24-15-5-1-6-18-11-15)21-10-14-4-2-9-22(12-14)17-19-7-3-8-20-17/h1,3,5-8,11,14H,2,4,9-10,12-13H2,(H,21,23)/t14-/m1/s1.